The smallest absolute Gasteiger partial charge is 0.162 e. The van der Waals surface area contributed by atoms with Gasteiger partial charge in [-0.1, -0.05) is 45.9 Å². The molecular formula is C27H31N3O2. The van der Waals surface area contributed by atoms with Crippen LogP contribution < -0.4 is 5.32 Å². The largest absolute Gasteiger partial charge is 0.362 e. The highest BCUT2D eigenvalue weighted by Crippen LogP contribution is 2.51. The molecule has 5 rings (SSSR count). The fourth-order valence-electron chi connectivity index (χ4n) is 5.67. The van der Waals surface area contributed by atoms with Crippen LogP contribution in [0.25, 0.3) is 5.69 Å². The van der Waals surface area contributed by atoms with Gasteiger partial charge in [0, 0.05) is 53.1 Å². The topological polar surface area (TPSA) is 64.0 Å². The number of carbonyl (C=O) groups excluding carboxylic acids is 2. The Morgan fingerprint density at radius 1 is 0.875 bits per heavy atom. The fraction of sp³-hybridized carbons (Fsp3) is 0.444. The maximum atomic E-state index is 13.5. The first-order valence-electron chi connectivity index (χ1n) is 11.5. The minimum Gasteiger partial charge on any atom is -0.362 e. The van der Waals surface area contributed by atoms with E-state index in [-0.39, 0.29) is 28.3 Å². The summed E-state index contributed by atoms with van der Waals surface area (Å²) in [7, 11) is 0. The van der Waals surface area contributed by atoms with Crippen molar-refractivity contribution in [1.29, 1.82) is 0 Å². The van der Waals surface area contributed by atoms with E-state index in [1.165, 1.54) is 0 Å². The highest BCUT2D eigenvalue weighted by Gasteiger charge is 2.47. The van der Waals surface area contributed by atoms with Gasteiger partial charge >= 0.3 is 0 Å². The molecular weight excluding hydrogens is 398 g/mol. The lowest BCUT2D eigenvalue weighted by molar-refractivity contribution is -0.119. The number of carbonyl (C=O) groups is 2. The molecule has 1 aromatic heterocycles. The van der Waals surface area contributed by atoms with Crippen molar-refractivity contribution in [2.75, 3.05) is 0 Å². The Morgan fingerprint density at radius 2 is 1.41 bits per heavy atom. The van der Waals surface area contributed by atoms with E-state index in [1.54, 1.807) is 0 Å². The molecule has 0 spiro atoms. The number of ketones is 2. The Kier molecular flexibility index (Phi) is 4.59. The number of hydrogen-bond donors (Lipinski definition) is 1. The third-order valence-electron chi connectivity index (χ3n) is 6.99. The molecule has 1 N–H and O–H groups in total. The zero-order valence-corrected chi connectivity index (χ0v) is 19.6. The molecule has 5 heteroatoms. The molecule has 1 aromatic carbocycles. The van der Waals surface area contributed by atoms with Gasteiger partial charge in [0.1, 0.15) is 0 Å². The Morgan fingerprint density at radius 3 is 1.94 bits per heavy atom. The molecule has 5 nitrogen and oxygen atoms in total. The molecule has 2 aromatic rings. The van der Waals surface area contributed by atoms with Crippen molar-refractivity contribution < 1.29 is 9.59 Å². The number of rotatable bonds is 2. The monoisotopic (exact) mass is 429 g/mol. The summed E-state index contributed by atoms with van der Waals surface area (Å²) in [5.74, 6) is -0.0551. The Labute approximate surface area is 189 Å². The van der Waals surface area contributed by atoms with Gasteiger partial charge in [-0.25, -0.2) is 4.68 Å². The maximum Gasteiger partial charge on any atom is 0.162 e. The summed E-state index contributed by atoms with van der Waals surface area (Å²) in [6.07, 6.45) is 4.62. The number of aromatic nitrogens is 2. The third-order valence-corrected chi connectivity index (χ3v) is 6.99. The van der Waals surface area contributed by atoms with Gasteiger partial charge in [0.05, 0.1) is 11.4 Å². The lowest BCUT2D eigenvalue weighted by Gasteiger charge is -2.43. The van der Waals surface area contributed by atoms with Crippen molar-refractivity contribution in [3.05, 3.63) is 70.3 Å². The molecule has 166 valence electrons. The number of Topliss-reactive ketones (excluding diaryl/α,β-unsaturated/α-hetero) is 2. The number of nitrogens with zero attached hydrogens (tertiary/aromatic N) is 2. The molecule has 0 radical (unpaired) electrons. The highest BCUT2D eigenvalue weighted by molar-refractivity contribution is 6.06. The highest BCUT2D eigenvalue weighted by atomic mass is 16.1. The molecule has 1 aliphatic heterocycles. The molecule has 0 unspecified atom stereocenters. The van der Waals surface area contributed by atoms with Gasteiger partial charge in [0.25, 0.3) is 0 Å². The fourth-order valence-corrected chi connectivity index (χ4v) is 5.67. The summed E-state index contributed by atoms with van der Waals surface area (Å²) in [6.45, 7) is 10.5. The van der Waals surface area contributed by atoms with Gasteiger partial charge in [0.2, 0.25) is 0 Å². The van der Waals surface area contributed by atoms with Gasteiger partial charge in [-0.05, 0) is 42.7 Å². The first-order valence-corrected chi connectivity index (χ1v) is 11.5. The molecule has 32 heavy (non-hydrogen) atoms. The average Bonchev–Trinajstić information content (AvgIpc) is 3.06. The summed E-state index contributed by atoms with van der Waals surface area (Å²) in [4.78, 5) is 26.9. The lowest BCUT2D eigenvalue weighted by Crippen LogP contribution is -2.42. The molecule has 2 heterocycles. The number of hydrogen-bond acceptors (Lipinski definition) is 4. The van der Waals surface area contributed by atoms with E-state index in [1.807, 2.05) is 48.1 Å². The molecule has 0 bridgehead atoms. The zero-order valence-electron chi connectivity index (χ0n) is 19.6. The number of dihydropyridines is 1. The number of aryl methyl sites for hydroxylation is 1. The molecule has 0 amide bonds. The van der Waals surface area contributed by atoms with E-state index in [2.05, 4.69) is 33.0 Å². The minimum absolute atomic E-state index is 0.0943. The summed E-state index contributed by atoms with van der Waals surface area (Å²) >= 11 is 0. The van der Waals surface area contributed by atoms with Crippen molar-refractivity contribution in [3.8, 4) is 5.69 Å². The molecule has 0 saturated carbocycles. The second-order valence-corrected chi connectivity index (χ2v) is 11.2. The molecule has 0 fully saturated rings. The second-order valence-electron chi connectivity index (χ2n) is 11.2. The predicted octanol–water partition coefficient (Wildman–Crippen LogP) is 5.15. The SMILES string of the molecule is Cc1nn(-c2ccccc2)cc1C1C2=C(CC(C)(C)CC2=O)NC2=C1C(=O)CC(C)(C)C2. The first kappa shape index (κ1) is 20.9. The van der Waals surface area contributed by atoms with Crippen molar-refractivity contribution >= 4 is 11.6 Å². The Balaban J connectivity index is 1.70. The third kappa shape index (κ3) is 3.44. The van der Waals surface area contributed by atoms with Gasteiger partial charge in [-0.3, -0.25) is 9.59 Å². The van der Waals surface area contributed by atoms with Crippen LogP contribution in [0.3, 0.4) is 0 Å². The van der Waals surface area contributed by atoms with E-state index in [9.17, 15) is 9.59 Å². The van der Waals surface area contributed by atoms with Crippen LogP contribution in [-0.2, 0) is 9.59 Å². The van der Waals surface area contributed by atoms with Crippen LogP contribution >= 0.6 is 0 Å². The number of nitrogens with one attached hydrogen (secondary N) is 1. The minimum atomic E-state index is -0.342. The van der Waals surface area contributed by atoms with Crippen LogP contribution in [-0.4, -0.2) is 21.3 Å². The van der Waals surface area contributed by atoms with Crippen LogP contribution in [0.1, 0.15) is 70.6 Å². The lowest BCUT2D eigenvalue weighted by atomic mass is 9.64. The second kappa shape index (κ2) is 7.03. The van der Waals surface area contributed by atoms with E-state index in [0.29, 0.717) is 12.8 Å². The van der Waals surface area contributed by atoms with E-state index in [4.69, 9.17) is 5.10 Å². The van der Waals surface area contributed by atoms with Crippen LogP contribution in [0.2, 0.25) is 0 Å². The summed E-state index contributed by atoms with van der Waals surface area (Å²) in [5, 5.41) is 8.34. The van der Waals surface area contributed by atoms with Gasteiger partial charge in [-0.2, -0.15) is 5.10 Å². The van der Waals surface area contributed by atoms with Crippen LogP contribution in [0.5, 0.6) is 0 Å². The average molecular weight is 430 g/mol. The van der Waals surface area contributed by atoms with Crippen LogP contribution in [0.4, 0.5) is 0 Å². The molecule has 3 aliphatic rings. The van der Waals surface area contributed by atoms with Gasteiger partial charge < -0.3 is 5.32 Å². The molecule has 2 aliphatic carbocycles. The quantitative estimate of drug-likeness (QED) is 0.717. The Bertz CT molecular complexity index is 1140. The van der Waals surface area contributed by atoms with Crippen LogP contribution in [0, 0.1) is 17.8 Å². The molecule has 0 atom stereocenters. The molecule has 0 saturated heterocycles. The first-order chi connectivity index (χ1) is 15.0. The summed E-state index contributed by atoms with van der Waals surface area (Å²) in [6, 6.07) is 9.97. The van der Waals surface area contributed by atoms with Crippen molar-refractivity contribution in [2.45, 2.75) is 66.2 Å². The van der Waals surface area contributed by atoms with E-state index < -0.39 is 0 Å². The van der Waals surface area contributed by atoms with Crippen LogP contribution in [0.15, 0.2) is 59.1 Å². The van der Waals surface area contributed by atoms with E-state index in [0.717, 1.165) is 52.3 Å². The maximum absolute atomic E-state index is 13.5. The Hall–Kier alpha value is -2.95. The normalized spacial score (nSPS) is 22.5. The zero-order chi connectivity index (χ0) is 22.8. The number of allylic oxidation sites excluding steroid dienone is 4. The van der Waals surface area contributed by atoms with Crippen molar-refractivity contribution in [3.63, 3.8) is 0 Å². The van der Waals surface area contributed by atoms with Gasteiger partial charge in [-0.15, -0.1) is 0 Å². The number of para-hydroxylation sites is 1. The predicted molar refractivity (Wildman–Crippen MR) is 124 cm³/mol. The van der Waals surface area contributed by atoms with Crippen molar-refractivity contribution in [1.82, 2.24) is 15.1 Å². The standard InChI is InChI=1S/C27H31N3O2/c1-16-18(15-30(29-16)17-9-7-6-8-10-17)23-24-19(11-26(2,3)13-21(24)31)28-20-12-27(4,5)14-22(32)25(20)23/h6-10,15,23,28H,11-14H2,1-5H3. The number of benzene rings is 1. The summed E-state index contributed by atoms with van der Waals surface area (Å²) < 4.78 is 1.86. The van der Waals surface area contributed by atoms with Gasteiger partial charge in [0.15, 0.2) is 11.6 Å². The van der Waals surface area contributed by atoms with Crippen molar-refractivity contribution in [2.24, 2.45) is 10.8 Å². The summed E-state index contributed by atoms with van der Waals surface area (Å²) in [5.41, 5.74) is 6.11. The van der Waals surface area contributed by atoms with E-state index >= 15 is 0 Å².